The number of H-pyrrole nitrogens is 1. The molecule has 1 aromatic carbocycles. The zero-order valence-corrected chi connectivity index (χ0v) is 13.4. The molecule has 1 aliphatic rings. The number of rotatable bonds is 4. The van der Waals surface area contributed by atoms with Gasteiger partial charge in [-0.2, -0.15) is 0 Å². The van der Waals surface area contributed by atoms with Gasteiger partial charge in [0.25, 0.3) is 11.5 Å². The van der Waals surface area contributed by atoms with Crippen LogP contribution in [-0.2, 0) is 19.4 Å². The van der Waals surface area contributed by atoms with Gasteiger partial charge in [-0.1, -0.05) is 12.1 Å². The van der Waals surface area contributed by atoms with E-state index in [9.17, 15) is 9.59 Å². The number of carbonyl (C=O) groups excluding carboxylic acids is 1. The SMILES string of the molecule is COc1ccc(CN(C)C(=O)c2cc3c([nH]c2=O)CCC3)cc1. The van der Waals surface area contributed by atoms with Crippen molar-refractivity contribution in [2.45, 2.75) is 25.8 Å². The molecule has 120 valence electrons. The Balaban J connectivity index is 1.78. The summed E-state index contributed by atoms with van der Waals surface area (Å²) >= 11 is 0. The molecule has 0 saturated heterocycles. The van der Waals surface area contributed by atoms with Crippen molar-refractivity contribution >= 4 is 5.91 Å². The molecule has 1 amide bonds. The fourth-order valence-corrected chi connectivity index (χ4v) is 2.95. The topological polar surface area (TPSA) is 62.4 Å². The molecule has 0 bridgehead atoms. The quantitative estimate of drug-likeness (QED) is 0.941. The average Bonchev–Trinajstić information content (AvgIpc) is 3.01. The number of pyridine rings is 1. The van der Waals surface area contributed by atoms with Gasteiger partial charge in [0.2, 0.25) is 0 Å². The number of carbonyl (C=O) groups is 1. The van der Waals surface area contributed by atoms with Crippen molar-refractivity contribution in [3.05, 3.63) is 63.1 Å². The average molecular weight is 312 g/mol. The van der Waals surface area contributed by atoms with E-state index in [0.717, 1.165) is 41.8 Å². The van der Waals surface area contributed by atoms with E-state index in [1.807, 2.05) is 24.3 Å². The van der Waals surface area contributed by atoms with E-state index in [-0.39, 0.29) is 17.0 Å². The lowest BCUT2D eigenvalue weighted by Gasteiger charge is -2.17. The molecule has 0 unspecified atom stereocenters. The molecule has 0 atom stereocenters. The molecular weight excluding hydrogens is 292 g/mol. The highest BCUT2D eigenvalue weighted by atomic mass is 16.5. The number of aryl methyl sites for hydroxylation is 2. The summed E-state index contributed by atoms with van der Waals surface area (Å²) in [5, 5.41) is 0. The number of fused-ring (bicyclic) bond motifs is 1. The molecule has 0 fully saturated rings. The van der Waals surface area contributed by atoms with Gasteiger partial charge >= 0.3 is 0 Å². The molecule has 1 heterocycles. The molecule has 2 aromatic rings. The Morgan fingerprint density at radius 1 is 1.26 bits per heavy atom. The van der Waals surface area contributed by atoms with Gasteiger partial charge in [-0.05, 0) is 48.6 Å². The van der Waals surface area contributed by atoms with E-state index in [1.165, 1.54) is 0 Å². The van der Waals surface area contributed by atoms with Crippen molar-refractivity contribution in [3.63, 3.8) is 0 Å². The van der Waals surface area contributed by atoms with Crippen LogP contribution in [0.2, 0.25) is 0 Å². The maximum absolute atomic E-state index is 12.6. The Morgan fingerprint density at radius 3 is 2.70 bits per heavy atom. The largest absolute Gasteiger partial charge is 0.497 e. The lowest BCUT2D eigenvalue weighted by molar-refractivity contribution is 0.0783. The number of hydrogen-bond acceptors (Lipinski definition) is 3. The third-order valence-electron chi connectivity index (χ3n) is 4.24. The van der Waals surface area contributed by atoms with Crippen molar-refractivity contribution in [2.75, 3.05) is 14.2 Å². The molecule has 1 N–H and O–H groups in total. The Morgan fingerprint density at radius 2 is 2.00 bits per heavy atom. The molecule has 0 spiro atoms. The lowest BCUT2D eigenvalue weighted by Crippen LogP contribution is -2.31. The van der Waals surface area contributed by atoms with Gasteiger partial charge in [-0.3, -0.25) is 9.59 Å². The zero-order valence-electron chi connectivity index (χ0n) is 13.4. The van der Waals surface area contributed by atoms with Crippen LogP contribution in [0.15, 0.2) is 35.1 Å². The highest BCUT2D eigenvalue weighted by Gasteiger charge is 2.20. The van der Waals surface area contributed by atoms with Crippen LogP contribution in [-0.4, -0.2) is 29.9 Å². The van der Waals surface area contributed by atoms with Crippen LogP contribution in [0, 0.1) is 0 Å². The molecule has 5 heteroatoms. The van der Waals surface area contributed by atoms with Crippen molar-refractivity contribution in [2.24, 2.45) is 0 Å². The fraction of sp³-hybridized carbons (Fsp3) is 0.333. The number of methoxy groups -OCH3 is 1. The zero-order chi connectivity index (χ0) is 16.4. The fourth-order valence-electron chi connectivity index (χ4n) is 2.95. The number of nitrogens with one attached hydrogen (secondary N) is 1. The molecule has 23 heavy (non-hydrogen) atoms. The molecule has 0 radical (unpaired) electrons. The number of amides is 1. The minimum absolute atomic E-state index is 0.224. The molecule has 5 nitrogen and oxygen atoms in total. The molecule has 1 aromatic heterocycles. The van der Waals surface area contributed by atoms with Crippen LogP contribution >= 0.6 is 0 Å². The van der Waals surface area contributed by atoms with Gasteiger partial charge in [-0.25, -0.2) is 0 Å². The Labute approximate surface area is 134 Å². The van der Waals surface area contributed by atoms with Crippen LogP contribution in [0.1, 0.15) is 33.6 Å². The van der Waals surface area contributed by atoms with Crippen LogP contribution in [0.5, 0.6) is 5.75 Å². The van der Waals surface area contributed by atoms with Crippen molar-refractivity contribution in [1.29, 1.82) is 0 Å². The van der Waals surface area contributed by atoms with Gasteiger partial charge < -0.3 is 14.6 Å². The first-order valence-corrected chi connectivity index (χ1v) is 7.72. The van der Waals surface area contributed by atoms with Crippen LogP contribution in [0.3, 0.4) is 0 Å². The number of benzene rings is 1. The van der Waals surface area contributed by atoms with Gasteiger partial charge in [-0.15, -0.1) is 0 Å². The molecule has 0 saturated carbocycles. The highest BCUT2D eigenvalue weighted by Crippen LogP contribution is 2.19. The van der Waals surface area contributed by atoms with Crippen LogP contribution in [0.25, 0.3) is 0 Å². The predicted molar refractivity (Wildman–Crippen MR) is 87.9 cm³/mol. The molecule has 1 aliphatic carbocycles. The molecular formula is C18H20N2O3. The lowest BCUT2D eigenvalue weighted by atomic mass is 10.1. The first-order valence-electron chi connectivity index (χ1n) is 7.72. The Bertz CT molecular complexity index is 778. The summed E-state index contributed by atoms with van der Waals surface area (Å²) in [5.74, 6) is 0.523. The maximum Gasteiger partial charge on any atom is 0.261 e. The molecule has 3 rings (SSSR count). The molecule has 0 aliphatic heterocycles. The van der Waals surface area contributed by atoms with E-state index in [2.05, 4.69) is 4.98 Å². The smallest absolute Gasteiger partial charge is 0.261 e. The monoisotopic (exact) mass is 312 g/mol. The Hall–Kier alpha value is -2.56. The summed E-state index contributed by atoms with van der Waals surface area (Å²) in [5.41, 5.74) is 2.98. The summed E-state index contributed by atoms with van der Waals surface area (Å²) in [7, 11) is 3.32. The van der Waals surface area contributed by atoms with Gasteiger partial charge in [0.05, 0.1) is 7.11 Å². The second-order valence-corrected chi connectivity index (χ2v) is 5.88. The Kier molecular flexibility index (Phi) is 4.19. The summed E-state index contributed by atoms with van der Waals surface area (Å²) in [4.78, 5) is 29.1. The van der Waals surface area contributed by atoms with Gasteiger partial charge in [0, 0.05) is 19.3 Å². The number of ether oxygens (including phenoxy) is 1. The number of hydrogen-bond donors (Lipinski definition) is 1. The second kappa shape index (κ2) is 6.28. The van der Waals surface area contributed by atoms with Gasteiger partial charge in [0.15, 0.2) is 0 Å². The standard InChI is InChI=1S/C18H20N2O3/c1-20(11-12-6-8-14(23-2)9-7-12)18(22)15-10-13-4-3-5-16(13)19-17(15)21/h6-10H,3-5,11H2,1-2H3,(H,19,21). The minimum Gasteiger partial charge on any atom is -0.497 e. The van der Waals surface area contributed by atoms with Crippen molar-refractivity contribution in [1.82, 2.24) is 9.88 Å². The third-order valence-corrected chi connectivity index (χ3v) is 4.24. The third kappa shape index (κ3) is 3.13. The predicted octanol–water partition coefficient (Wildman–Crippen LogP) is 2.14. The van der Waals surface area contributed by atoms with E-state index < -0.39 is 0 Å². The second-order valence-electron chi connectivity index (χ2n) is 5.88. The normalized spacial score (nSPS) is 12.8. The number of nitrogens with zero attached hydrogens (tertiary/aromatic N) is 1. The van der Waals surface area contributed by atoms with Gasteiger partial charge in [0.1, 0.15) is 11.3 Å². The summed E-state index contributed by atoms with van der Waals surface area (Å²) < 4.78 is 5.12. The number of aromatic nitrogens is 1. The van der Waals surface area contributed by atoms with E-state index in [4.69, 9.17) is 4.74 Å². The highest BCUT2D eigenvalue weighted by molar-refractivity contribution is 5.93. The first-order chi connectivity index (χ1) is 11.1. The summed E-state index contributed by atoms with van der Waals surface area (Å²) in [6.07, 6.45) is 2.85. The summed E-state index contributed by atoms with van der Waals surface area (Å²) in [6.45, 7) is 0.444. The van der Waals surface area contributed by atoms with Crippen LogP contribution in [0.4, 0.5) is 0 Å². The van der Waals surface area contributed by atoms with Crippen LogP contribution < -0.4 is 10.3 Å². The first kappa shape index (κ1) is 15.3. The number of aromatic amines is 1. The van der Waals surface area contributed by atoms with Crippen molar-refractivity contribution in [3.8, 4) is 5.75 Å². The van der Waals surface area contributed by atoms with Crippen molar-refractivity contribution < 1.29 is 9.53 Å². The maximum atomic E-state index is 12.6. The minimum atomic E-state index is -0.294. The summed E-state index contributed by atoms with van der Waals surface area (Å²) in [6, 6.07) is 9.30. The van der Waals surface area contributed by atoms with E-state index >= 15 is 0 Å². The van der Waals surface area contributed by atoms with E-state index in [0.29, 0.717) is 6.54 Å². The van der Waals surface area contributed by atoms with E-state index in [1.54, 1.807) is 25.1 Å².